The zero-order valence-electron chi connectivity index (χ0n) is 14.1. The molecule has 1 unspecified atom stereocenters. The number of aromatic nitrogens is 3. The Morgan fingerprint density at radius 3 is 2.72 bits per heavy atom. The molecule has 1 saturated heterocycles. The van der Waals surface area contributed by atoms with Crippen molar-refractivity contribution in [1.29, 1.82) is 0 Å². The number of hydrogen-bond acceptors (Lipinski definition) is 7. The third-order valence-corrected chi connectivity index (χ3v) is 4.08. The summed E-state index contributed by atoms with van der Waals surface area (Å²) in [6, 6.07) is 4.20. The molecule has 1 N–H and O–H groups in total. The Balaban J connectivity index is 1.68. The van der Waals surface area contributed by atoms with Crippen LogP contribution in [0.25, 0.3) is 0 Å². The molecule has 1 fully saturated rings. The Morgan fingerprint density at radius 1 is 1.32 bits per heavy atom. The lowest BCUT2D eigenvalue weighted by Crippen LogP contribution is -2.43. The highest BCUT2D eigenvalue weighted by atomic mass is 16.5. The number of ether oxygens (including phenoxy) is 2. The maximum atomic E-state index is 12.4. The summed E-state index contributed by atoms with van der Waals surface area (Å²) in [5.41, 5.74) is 1.46. The minimum atomic E-state index is -0.218. The van der Waals surface area contributed by atoms with E-state index < -0.39 is 0 Å². The van der Waals surface area contributed by atoms with Crippen LogP contribution in [-0.2, 0) is 4.74 Å². The van der Waals surface area contributed by atoms with Gasteiger partial charge in [0.2, 0.25) is 0 Å². The van der Waals surface area contributed by atoms with Crippen molar-refractivity contribution in [2.24, 2.45) is 0 Å². The topological polar surface area (TPSA) is 89.5 Å². The van der Waals surface area contributed by atoms with Gasteiger partial charge in [-0.2, -0.15) is 0 Å². The molecule has 0 aromatic carbocycles. The van der Waals surface area contributed by atoms with Crippen LogP contribution in [0.5, 0.6) is 6.01 Å². The lowest BCUT2D eigenvalue weighted by atomic mass is 10.1. The first-order valence-electron chi connectivity index (χ1n) is 8.14. The van der Waals surface area contributed by atoms with Crippen LogP contribution in [0.1, 0.15) is 22.0 Å². The summed E-state index contributed by atoms with van der Waals surface area (Å²) in [6.07, 6.45) is 6.49. The van der Waals surface area contributed by atoms with E-state index in [1.807, 2.05) is 18.3 Å². The fraction of sp³-hybridized carbons (Fsp3) is 0.412. The molecule has 0 spiro atoms. The number of nitrogens with zero attached hydrogens (tertiary/aromatic N) is 4. The van der Waals surface area contributed by atoms with Gasteiger partial charge in [-0.1, -0.05) is 6.07 Å². The zero-order valence-corrected chi connectivity index (χ0v) is 14.1. The summed E-state index contributed by atoms with van der Waals surface area (Å²) < 4.78 is 10.3. The summed E-state index contributed by atoms with van der Waals surface area (Å²) in [4.78, 5) is 26.8. The van der Waals surface area contributed by atoms with Crippen molar-refractivity contribution in [3.05, 3.63) is 48.0 Å². The second-order valence-corrected chi connectivity index (χ2v) is 5.62. The molecule has 0 radical (unpaired) electrons. The normalized spacial score (nSPS) is 16.2. The summed E-state index contributed by atoms with van der Waals surface area (Å²) in [5.74, 6) is -0.218. The minimum absolute atomic E-state index is 0.0423. The first-order valence-corrected chi connectivity index (χ1v) is 8.14. The molecule has 2 aromatic heterocycles. The fourth-order valence-electron chi connectivity index (χ4n) is 2.75. The van der Waals surface area contributed by atoms with Gasteiger partial charge in [-0.05, 0) is 11.6 Å². The van der Waals surface area contributed by atoms with Crippen molar-refractivity contribution in [3.8, 4) is 6.01 Å². The van der Waals surface area contributed by atoms with Gasteiger partial charge in [0.05, 0.1) is 31.9 Å². The van der Waals surface area contributed by atoms with Gasteiger partial charge in [-0.3, -0.25) is 14.7 Å². The third kappa shape index (κ3) is 4.49. The average molecular weight is 343 g/mol. The lowest BCUT2D eigenvalue weighted by Gasteiger charge is -2.34. The van der Waals surface area contributed by atoms with Crippen molar-refractivity contribution in [1.82, 2.24) is 25.2 Å². The molecule has 2 aromatic rings. The van der Waals surface area contributed by atoms with E-state index in [4.69, 9.17) is 9.47 Å². The van der Waals surface area contributed by atoms with Crippen molar-refractivity contribution in [2.75, 3.05) is 40.0 Å². The highest BCUT2D eigenvalue weighted by Crippen LogP contribution is 2.20. The summed E-state index contributed by atoms with van der Waals surface area (Å²) in [7, 11) is 1.48. The van der Waals surface area contributed by atoms with E-state index in [9.17, 15) is 4.79 Å². The van der Waals surface area contributed by atoms with Crippen molar-refractivity contribution in [2.45, 2.75) is 6.04 Å². The van der Waals surface area contributed by atoms with Crippen LogP contribution < -0.4 is 10.1 Å². The maximum absolute atomic E-state index is 12.4. The molecule has 0 aliphatic carbocycles. The Hall–Kier alpha value is -2.58. The maximum Gasteiger partial charge on any atom is 0.316 e. The number of carbonyl (C=O) groups is 1. The average Bonchev–Trinajstić information content (AvgIpc) is 2.70. The van der Waals surface area contributed by atoms with Crippen LogP contribution in [0, 0.1) is 0 Å². The van der Waals surface area contributed by atoms with Gasteiger partial charge < -0.3 is 14.8 Å². The van der Waals surface area contributed by atoms with E-state index in [0.29, 0.717) is 25.3 Å². The number of pyridine rings is 1. The molecule has 0 bridgehead atoms. The standard InChI is InChI=1S/C17H21N5O3/c1-24-17-20-10-14(11-21-17)16(23)19-12-15(13-3-2-4-18-9-13)22-5-7-25-8-6-22/h2-4,9-11,15H,5-8,12H2,1H3,(H,19,23). The number of amides is 1. The molecular weight excluding hydrogens is 322 g/mol. The van der Waals surface area contributed by atoms with E-state index in [-0.39, 0.29) is 18.0 Å². The Bertz CT molecular complexity index is 674. The molecule has 8 heteroatoms. The molecule has 8 nitrogen and oxygen atoms in total. The number of carbonyl (C=O) groups excluding carboxylic acids is 1. The fourth-order valence-corrected chi connectivity index (χ4v) is 2.75. The van der Waals surface area contributed by atoms with Crippen molar-refractivity contribution >= 4 is 5.91 Å². The highest BCUT2D eigenvalue weighted by Gasteiger charge is 2.23. The van der Waals surface area contributed by atoms with Crippen LogP contribution in [0.15, 0.2) is 36.9 Å². The van der Waals surface area contributed by atoms with Gasteiger partial charge in [0, 0.05) is 44.4 Å². The van der Waals surface area contributed by atoms with Gasteiger partial charge in [-0.15, -0.1) is 0 Å². The summed E-state index contributed by atoms with van der Waals surface area (Å²) in [5, 5.41) is 2.96. The number of morpholine rings is 1. The number of rotatable bonds is 6. The number of hydrogen-bond donors (Lipinski definition) is 1. The van der Waals surface area contributed by atoms with Gasteiger partial charge in [0.25, 0.3) is 5.91 Å². The second-order valence-electron chi connectivity index (χ2n) is 5.62. The van der Waals surface area contributed by atoms with Crippen molar-refractivity contribution < 1.29 is 14.3 Å². The molecule has 1 aliphatic rings. The molecule has 25 heavy (non-hydrogen) atoms. The Labute approximate surface area is 146 Å². The molecule has 3 rings (SSSR count). The van der Waals surface area contributed by atoms with Crippen molar-refractivity contribution in [3.63, 3.8) is 0 Å². The second kappa shape index (κ2) is 8.50. The predicted molar refractivity (Wildman–Crippen MR) is 90.3 cm³/mol. The zero-order chi connectivity index (χ0) is 17.5. The summed E-state index contributed by atoms with van der Waals surface area (Å²) in [6.45, 7) is 3.49. The first kappa shape index (κ1) is 17.2. The molecule has 1 atom stereocenters. The van der Waals surface area contributed by atoms with Crippen LogP contribution >= 0.6 is 0 Å². The molecule has 132 valence electrons. The quantitative estimate of drug-likeness (QED) is 0.825. The van der Waals surface area contributed by atoms with Crippen LogP contribution in [0.4, 0.5) is 0 Å². The molecule has 1 amide bonds. The van der Waals surface area contributed by atoms with Crippen LogP contribution in [-0.4, -0.2) is 65.7 Å². The van der Waals surface area contributed by atoms with Gasteiger partial charge >= 0.3 is 6.01 Å². The monoisotopic (exact) mass is 343 g/mol. The van der Waals surface area contributed by atoms with E-state index in [1.54, 1.807) is 6.20 Å². The predicted octanol–water partition coefficient (Wildman–Crippen LogP) is 0.683. The molecular formula is C17H21N5O3. The highest BCUT2D eigenvalue weighted by molar-refractivity contribution is 5.93. The van der Waals surface area contributed by atoms with Gasteiger partial charge in [0.15, 0.2) is 0 Å². The summed E-state index contributed by atoms with van der Waals surface area (Å²) >= 11 is 0. The largest absolute Gasteiger partial charge is 0.467 e. The van der Waals surface area contributed by atoms with Crippen LogP contribution in [0.3, 0.4) is 0 Å². The third-order valence-electron chi connectivity index (χ3n) is 4.08. The smallest absolute Gasteiger partial charge is 0.316 e. The molecule has 1 aliphatic heterocycles. The van der Waals surface area contributed by atoms with E-state index >= 15 is 0 Å². The van der Waals surface area contributed by atoms with E-state index in [0.717, 1.165) is 18.7 Å². The van der Waals surface area contributed by atoms with Gasteiger partial charge in [-0.25, -0.2) is 9.97 Å². The number of nitrogens with one attached hydrogen (secondary N) is 1. The van der Waals surface area contributed by atoms with E-state index in [1.165, 1.54) is 19.5 Å². The SMILES string of the molecule is COc1ncc(C(=O)NCC(c2cccnc2)N2CCOCC2)cn1. The minimum Gasteiger partial charge on any atom is -0.467 e. The Morgan fingerprint density at radius 2 is 2.08 bits per heavy atom. The van der Waals surface area contributed by atoms with E-state index in [2.05, 4.69) is 25.2 Å². The van der Waals surface area contributed by atoms with Crippen LogP contribution in [0.2, 0.25) is 0 Å². The first-order chi connectivity index (χ1) is 12.3. The lowest BCUT2D eigenvalue weighted by molar-refractivity contribution is 0.0161. The molecule has 0 saturated carbocycles. The van der Waals surface area contributed by atoms with Gasteiger partial charge in [0.1, 0.15) is 0 Å². The number of methoxy groups -OCH3 is 1. The Kier molecular flexibility index (Phi) is 5.86. The molecule has 3 heterocycles.